The zero-order valence-electron chi connectivity index (χ0n) is 36.7. The van der Waals surface area contributed by atoms with Gasteiger partial charge in [-0.15, -0.1) is 5.11 Å². The number of benzene rings is 4. The van der Waals surface area contributed by atoms with Gasteiger partial charge in [0, 0.05) is 24.9 Å². The Kier molecular flexibility index (Phi) is 21.0. The summed E-state index contributed by atoms with van der Waals surface area (Å²) in [7, 11) is -16.2. The number of hydrogen-bond acceptors (Lipinski definition) is 21. The molecule has 334 valence electrons. The Hall–Kier alpha value is -3.93. The Labute approximate surface area is 452 Å². The minimum atomic E-state index is -5.51. The molecule has 2 aliphatic rings. The Morgan fingerprint density at radius 1 is 0.687 bits per heavy atom. The number of nitrogens with zero attached hydrogens (tertiary/aromatic N) is 5. The van der Waals surface area contributed by atoms with Gasteiger partial charge in [-0.05, 0) is 97.5 Å². The minimum Gasteiger partial charge on any atom is -0.744 e. The topological polar surface area (TPSA) is 333 Å². The van der Waals surface area contributed by atoms with Crippen molar-refractivity contribution in [2.75, 3.05) is 48.1 Å². The minimum absolute atomic E-state index is 0. The summed E-state index contributed by atoms with van der Waals surface area (Å²) in [5.74, 6) is -1.45. The summed E-state index contributed by atoms with van der Waals surface area (Å²) >= 11 is 0. The molecule has 6 rings (SSSR count). The number of para-hydroxylation sites is 1. The standard InChI is InChI=1S/C40H40N10O11S3.3Na/c1-3-50(4-2)19-18-42-32-23-29(51)15-17-30(32)47-44-27-12-10-25(11-13-27)43-31-16-14-28(22-33(31)62(53,54)55)46-48-38-34(63(56,57)58)20-24-21-35(64(59,60)61)39(40(52)36(24)37(38)41)49-45-26-8-6-5-7-9-26;;;/h5-17,20-23,42-45H,3-4,18-19,41H2,1-2H3,(H,53,54,55)(H,56,57,58)(H,59,60,61);;;/q;3*+1/p-3/b47-30-,48-46?,49-39+;;;. The number of nitrogens with two attached hydrogens (primary N) is 1. The first-order valence-corrected chi connectivity index (χ1v) is 23.2. The fourth-order valence-electron chi connectivity index (χ4n) is 6.26. The molecule has 4 aromatic rings. The van der Waals surface area contributed by atoms with Crippen molar-refractivity contribution in [1.82, 2.24) is 10.2 Å². The molecule has 0 amide bonds. The Morgan fingerprint density at radius 3 is 1.91 bits per heavy atom. The van der Waals surface area contributed by atoms with Gasteiger partial charge in [-0.2, -0.15) is 15.3 Å². The van der Waals surface area contributed by atoms with Crippen molar-refractivity contribution in [3.05, 3.63) is 119 Å². The van der Waals surface area contributed by atoms with Gasteiger partial charge in [-0.25, -0.2) is 25.3 Å². The third-order valence-corrected chi connectivity index (χ3v) is 12.1. The van der Waals surface area contributed by atoms with E-state index in [-0.39, 0.29) is 106 Å². The molecule has 0 aromatic heterocycles. The van der Waals surface area contributed by atoms with Crippen LogP contribution in [0, 0.1) is 0 Å². The summed E-state index contributed by atoms with van der Waals surface area (Å²) in [5.41, 5.74) is 9.49. The van der Waals surface area contributed by atoms with E-state index in [0.29, 0.717) is 47.2 Å². The van der Waals surface area contributed by atoms with Crippen LogP contribution >= 0.6 is 0 Å². The van der Waals surface area contributed by atoms with Gasteiger partial charge in [0.15, 0.2) is 5.78 Å². The van der Waals surface area contributed by atoms with Crippen LogP contribution in [0.2, 0.25) is 0 Å². The van der Waals surface area contributed by atoms with Crippen LogP contribution in [-0.2, 0) is 35.1 Å². The summed E-state index contributed by atoms with van der Waals surface area (Å²) in [4.78, 5) is 24.9. The maximum atomic E-state index is 13.7. The monoisotopic (exact) mass is 998 g/mol. The Morgan fingerprint density at radius 2 is 1.30 bits per heavy atom. The van der Waals surface area contributed by atoms with Crippen LogP contribution in [0.5, 0.6) is 0 Å². The average Bonchev–Trinajstić information content (AvgIpc) is 3.24. The van der Waals surface area contributed by atoms with Crippen molar-refractivity contribution >= 4 is 99.2 Å². The van der Waals surface area contributed by atoms with Gasteiger partial charge in [-0.3, -0.25) is 20.4 Å². The van der Waals surface area contributed by atoms with E-state index < -0.39 is 79.0 Å². The molecular formula is C40H37N10Na3O11S3. The molecule has 0 atom stereocenters. The van der Waals surface area contributed by atoms with Crippen LogP contribution in [0.3, 0.4) is 0 Å². The quantitative estimate of drug-likeness (QED) is 0.0166. The van der Waals surface area contributed by atoms with E-state index in [9.17, 15) is 48.5 Å². The van der Waals surface area contributed by atoms with Gasteiger partial charge >= 0.3 is 88.7 Å². The van der Waals surface area contributed by atoms with Crippen LogP contribution in [0.25, 0.3) is 6.08 Å². The summed E-state index contributed by atoms with van der Waals surface area (Å²) in [6.45, 7) is 7.23. The first-order valence-electron chi connectivity index (χ1n) is 18.9. The predicted molar refractivity (Wildman–Crippen MR) is 236 cm³/mol. The van der Waals surface area contributed by atoms with Crippen molar-refractivity contribution in [3.8, 4) is 0 Å². The number of nitrogens with one attached hydrogen (secondary N) is 4. The third-order valence-electron chi connectivity index (χ3n) is 9.48. The molecule has 0 saturated heterocycles. The van der Waals surface area contributed by atoms with Crippen molar-refractivity contribution in [2.45, 2.75) is 23.6 Å². The molecule has 0 radical (unpaired) electrons. The molecule has 0 bridgehead atoms. The van der Waals surface area contributed by atoms with Gasteiger partial charge < -0.3 is 34.9 Å². The van der Waals surface area contributed by atoms with E-state index in [2.05, 4.69) is 60.7 Å². The predicted octanol–water partition coefficient (Wildman–Crippen LogP) is -4.48. The summed E-state index contributed by atoms with van der Waals surface area (Å²) in [6, 6.07) is 18.0. The molecule has 27 heteroatoms. The number of anilines is 5. The molecule has 2 aliphatic carbocycles. The van der Waals surface area contributed by atoms with Crippen LogP contribution < -0.4 is 116 Å². The fraction of sp³-hybridized carbons (Fsp3) is 0.150. The fourth-order valence-corrected chi connectivity index (χ4v) is 8.22. The van der Waals surface area contributed by atoms with Gasteiger partial charge in [0.25, 0.3) is 0 Å². The smallest absolute Gasteiger partial charge is 0.744 e. The second kappa shape index (κ2) is 24.6. The molecule has 0 fully saturated rings. The zero-order chi connectivity index (χ0) is 46.4. The van der Waals surface area contributed by atoms with E-state index in [1.807, 2.05) is 0 Å². The first-order chi connectivity index (χ1) is 30.3. The zero-order valence-corrected chi connectivity index (χ0v) is 45.1. The van der Waals surface area contributed by atoms with Gasteiger partial charge in [0.1, 0.15) is 47.5 Å². The number of fused-ring (bicyclic) bond motifs is 1. The van der Waals surface area contributed by atoms with E-state index in [1.54, 1.807) is 48.5 Å². The van der Waals surface area contributed by atoms with Crippen LogP contribution in [0.1, 0.15) is 29.8 Å². The number of allylic oxidation sites excluding steroid dienone is 4. The van der Waals surface area contributed by atoms with Crippen LogP contribution in [0.15, 0.2) is 138 Å². The summed E-state index contributed by atoms with van der Waals surface area (Å²) in [6.07, 6.45) is 5.04. The molecule has 0 unspecified atom stereocenters. The molecule has 0 heterocycles. The number of nitrogen functional groups attached to an aromatic ring is 1. The number of hydrazone groups is 2. The number of carbonyl (C=O) groups excluding carboxylic acids is 2. The number of likely N-dealkylation sites (N-methyl/N-ethyl adjacent to an activating group) is 1. The Balaban J connectivity index is 0.00000397. The van der Waals surface area contributed by atoms with Gasteiger partial charge in [-0.1, -0.05) is 32.0 Å². The number of hydrogen-bond donors (Lipinski definition) is 5. The van der Waals surface area contributed by atoms with Crippen molar-refractivity contribution in [3.63, 3.8) is 0 Å². The molecule has 0 saturated carbocycles. The normalized spacial score (nSPS) is 15.0. The molecule has 0 spiro atoms. The number of Topliss-reactive ketones (excluding diaryl/α,β-unsaturated/α-hetero) is 1. The molecule has 21 nitrogen and oxygen atoms in total. The van der Waals surface area contributed by atoms with Crippen LogP contribution in [-0.4, -0.2) is 93.0 Å². The molecule has 0 aliphatic heterocycles. The summed E-state index contributed by atoms with van der Waals surface area (Å²) in [5, 5.41) is 21.8. The van der Waals surface area contributed by atoms with Gasteiger partial charge in [0.05, 0.1) is 54.4 Å². The average molecular weight is 999 g/mol. The van der Waals surface area contributed by atoms with Crippen molar-refractivity contribution in [2.24, 2.45) is 20.4 Å². The molecule has 67 heavy (non-hydrogen) atoms. The first kappa shape index (κ1) is 57.4. The number of rotatable bonds is 17. The van der Waals surface area contributed by atoms with E-state index in [0.717, 1.165) is 31.8 Å². The van der Waals surface area contributed by atoms with E-state index in [4.69, 9.17) is 5.73 Å². The largest absolute Gasteiger partial charge is 1.00 e. The third kappa shape index (κ3) is 14.8. The number of azo groups is 1. The van der Waals surface area contributed by atoms with Crippen molar-refractivity contribution < 1.29 is 137 Å². The summed E-state index contributed by atoms with van der Waals surface area (Å²) < 4.78 is 111. The van der Waals surface area contributed by atoms with E-state index in [1.165, 1.54) is 30.4 Å². The maximum Gasteiger partial charge on any atom is 1.00 e. The van der Waals surface area contributed by atoms with Crippen molar-refractivity contribution in [1.29, 1.82) is 0 Å². The second-order valence-electron chi connectivity index (χ2n) is 13.7. The number of ketones is 2. The van der Waals surface area contributed by atoms with Crippen LogP contribution in [0.4, 0.5) is 39.8 Å². The maximum absolute atomic E-state index is 13.7. The molecular weight excluding hydrogens is 962 g/mol. The SMILES string of the molecule is CCN(CC)CCNC1=CC(=O)C=C/C1=N/Nc1ccc(Nc2ccc(N=Nc3c(S(=O)(=O)[O-])cc4c(c3N)C(=O)/C(=N/Nc3ccccc3)C(S(=O)(=O)[O-])=C4)cc2S(=O)(=O)[O-])cc1.[Na+].[Na+].[Na+]. The number of carbonyl (C=O) groups is 2. The van der Waals surface area contributed by atoms with Gasteiger partial charge in [0.2, 0.25) is 5.78 Å². The molecule has 6 N–H and O–H groups in total. The second-order valence-corrected chi connectivity index (χ2v) is 17.7. The van der Waals surface area contributed by atoms with E-state index >= 15 is 0 Å². The Bertz CT molecular complexity index is 3060. The molecule has 4 aromatic carbocycles.